The van der Waals surface area contributed by atoms with Crippen LogP contribution in [0.15, 0.2) is 58.6 Å². The average molecular weight is 416 g/mol. The van der Waals surface area contributed by atoms with E-state index in [1.807, 2.05) is 23.6 Å². The van der Waals surface area contributed by atoms with Crippen LogP contribution in [-0.2, 0) is 11.3 Å². The van der Waals surface area contributed by atoms with E-state index >= 15 is 0 Å². The highest BCUT2D eigenvalue weighted by atomic mass is 35.5. The lowest BCUT2D eigenvalue weighted by Crippen LogP contribution is -2.02. The topological polar surface area (TPSA) is 77.2 Å². The van der Waals surface area contributed by atoms with Gasteiger partial charge in [-0.05, 0) is 66.7 Å². The lowest BCUT2D eigenvalue weighted by molar-refractivity contribution is -0.131. The molecule has 0 saturated carbocycles. The Morgan fingerprint density at radius 3 is 2.43 bits per heavy atom. The smallest absolute Gasteiger partial charge is 0.342 e. The Morgan fingerprint density at radius 1 is 1.18 bits per heavy atom. The maximum absolute atomic E-state index is 11.8. The minimum absolute atomic E-state index is 0.148. The number of nitrogens with zero attached hydrogens (tertiary/aromatic N) is 3. The summed E-state index contributed by atoms with van der Waals surface area (Å²) in [5.41, 5.74) is 1.62. The van der Waals surface area contributed by atoms with Gasteiger partial charge in [-0.3, -0.25) is 0 Å². The molecular formula is C20H18ClN3O3S. The molecule has 8 heteroatoms. The van der Waals surface area contributed by atoms with E-state index in [1.54, 1.807) is 49.6 Å². The molecule has 1 aromatic heterocycles. The lowest BCUT2D eigenvalue weighted by atomic mass is 10.2. The van der Waals surface area contributed by atoms with E-state index in [0.717, 1.165) is 22.9 Å². The maximum atomic E-state index is 11.8. The highest BCUT2D eigenvalue weighted by Crippen LogP contribution is 2.31. The minimum atomic E-state index is -1.03. The van der Waals surface area contributed by atoms with Crippen molar-refractivity contribution in [3.8, 4) is 17.1 Å². The van der Waals surface area contributed by atoms with Crippen LogP contribution >= 0.6 is 23.4 Å². The number of carboxylic acids is 1. The average Bonchev–Trinajstić information content (AvgIpc) is 3.11. The molecule has 2 aromatic carbocycles. The molecule has 28 heavy (non-hydrogen) atoms. The van der Waals surface area contributed by atoms with Crippen molar-refractivity contribution < 1.29 is 14.6 Å². The predicted octanol–water partition coefficient (Wildman–Crippen LogP) is 4.84. The summed E-state index contributed by atoms with van der Waals surface area (Å²) in [6.07, 6.45) is 1.60. The van der Waals surface area contributed by atoms with Gasteiger partial charge in [0.05, 0.1) is 7.11 Å². The normalized spacial score (nSPS) is 11.5. The second-order valence-corrected chi connectivity index (χ2v) is 7.19. The molecule has 0 spiro atoms. The Balaban J connectivity index is 1.92. The number of carboxylic acid groups (broad SMARTS) is 1. The van der Waals surface area contributed by atoms with Gasteiger partial charge < -0.3 is 14.4 Å². The molecule has 0 aliphatic heterocycles. The summed E-state index contributed by atoms with van der Waals surface area (Å²) in [6, 6.07) is 14.4. The van der Waals surface area contributed by atoms with Gasteiger partial charge in [0.25, 0.3) is 0 Å². The van der Waals surface area contributed by atoms with Crippen molar-refractivity contribution in [3.05, 3.63) is 64.0 Å². The van der Waals surface area contributed by atoms with Gasteiger partial charge in [0.2, 0.25) is 0 Å². The molecule has 3 rings (SSSR count). The number of hydrogen-bond donors (Lipinski definition) is 1. The number of hydrogen-bond acceptors (Lipinski definition) is 5. The van der Waals surface area contributed by atoms with Crippen molar-refractivity contribution in [2.75, 3.05) is 7.11 Å². The molecule has 144 valence electrons. The number of aliphatic carboxylic acids is 1. The van der Waals surface area contributed by atoms with Gasteiger partial charge in [0.1, 0.15) is 10.7 Å². The fraction of sp³-hybridized carbons (Fsp3) is 0.150. The number of halogens is 1. The van der Waals surface area contributed by atoms with E-state index in [4.69, 9.17) is 16.3 Å². The zero-order valence-corrected chi connectivity index (χ0v) is 16.9. The number of methoxy groups -OCH3 is 1. The molecule has 0 fully saturated rings. The van der Waals surface area contributed by atoms with Gasteiger partial charge in [-0.25, -0.2) is 4.79 Å². The molecule has 0 unspecified atom stereocenters. The van der Waals surface area contributed by atoms with E-state index in [1.165, 1.54) is 0 Å². The van der Waals surface area contributed by atoms with Crippen LogP contribution in [0.5, 0.6) is 5.75 Å². The van der Waals surface area contributed by atoms with Crippen LogP contribution in [0.1, 0.15) is 12.5 Å². The third-order valence-corrected chi connectivity index (χ3v) is 5.21. The van der Waals surface area contributed by atoms with E-state index in [9.17, 15) is 9.90 Å². The van der Waals surface area contributed by atoms with Crippen molar-refractivity contribution in [2.45, 2.75) is 18.6 Å². The molecular weight excluding hydrogens is 398 g/mol. The molecule has 0 amide bonds. The fourth-order valence-corrected chi connectivity index (χ4v) is 3.56. The van der Waals surface area contributed by atoms with Gasteiger partial charge in [0.15, 0.2) is 11.0 Å². The first-order chi connectivity index (χ1) is 13.5. The van der Waals surface area contributed by atoms with Crippen LogP contribution in [0.2, 0.25) is 5.02 Å². The quantitative estimate of drug-likeness (QED) is 0.439. The number of ether oxygens (including phenoxy) is 1. The summed E-state index contributed by atoms with van der Waals surface area (Å²) >= 11 is 7.02. The maximum Gasteiger partial charge on any atom is 0.342 e. The molecule has 6 nitrogen and oxygen atoms in total. The number of rotatable bonds is 7. The Labute approximate surface area is 171 Å². The first kappa shape index (κ1) is 20.0. The second-order valence-electron chi connectivity index (χ2n) is 5.75. The van der Waals surface area contributed by atoms with Crippen molar-refractivity contribution in [1.82, 2.24) is 14.8 Å². The fourth-order valence-electron chi connectivity index (χ4n) is 2.55. The highest BCUT2D eigenvalue weighted by Gasteiger charge is 2.18. The summed E-state index contributed by atoms with van der Waals surface area (Å²) in [7, 11) is 1.58. The summed E-state index contributed by atoms with van der Waals surface area (Å²) < 4.78 is 7.00. The van der Waals surface area contributed by atoms with Gasteiger partial charge in [-0.15, -0.1) is 10.2 Å². The zero-order valence-electron chi connectivity index (χ0n) is 15.3. The Bertz CT molecular complexity index is 999. The van der Waals surface area contributed by atoms with Crippen molar-refractivity contribution >= 4 is 35.4 Å². The number of aromatic nitrogens is 3. The zero-order chi connectivity index (χ0) is 20.1. The molecule has 0 radical (unpaired) electrons. The standard InChI is InChI=1S/C20H18ClN3O3S/c1-3-24-18(14-6-8-15(21)9-7-14)22-23-20(24)28-17(19(25)26)12-13-4-10-16(27-2)11-5-13/h4-12H,3H2,1-2H3,(H,25,26)/b17-12+. The third-order valence-electron chi connectivity index (χ3n) is 3.96. The molecule has 0 atom stereocenters. The van der Waals surface area contributed by atoms with Gasteiger partial charge in [0, 0.05) is 17.1 Å². The van der Waals surface area contributed by atoms with E-state index < -0.39 is 5.97 Å². The number of carbonyl (C=O) groups is 1. The molecule has 0 aliphatic rings. The van der Waals surface area contributed by atoms with Crippen LogP contribution in [0.3, 0.4) is 0 Å². The Morgan fingerprint density at radius 2 is 1.86 bits per heavy atom. The van der Waals surface area contributed by atoms with Crippen molar-refractivity contribution in [2.24, 2.45) is 0 Å². The SMILES string of the molecule is CCn1c(S/C(=C/c2ccc(OC)cc2)C(=O)O)nnc1-c1ccc(Cl)cc1. The van der Waals surface area contributed by atoms with Crippen molar-refractivity contribution in [1.29, 1.82) is 0 Å². The summed E-state index contributed by atoms with van der Waals surface area (Å²) in [5.74, 6) is 0.343. The van der Waals surface area contributed by atoms with Crippen LogP contribution in [0.4, 0.5) is 0 Å². The van der Waals surface area contributed by atoms with E-state index in [0.29, 0.717) is 28.3 Å². The largest absolute Gasteiger partial charge is 0.497 e. The van der Waals surface area contributed by atoms with Crippen LogP contribution < -0.4 is 4.74 Å². The number of thioether (sulfide) groups is 1. The molecule has 0 bridgehead atoms. The Kier molecular flexibility index (Phi) is 6.38. The molecule has 1 heterocycles. The molecule has 0 aliphatic carbocycles. The van der Waals surface area contributed by atoms with Crippen molar-refractivity contribution in [3.63, 3.8) is 0 Å². The summed E-state index contributed by atoms with van der Waals surface area (Å²) in [4.78, 5) is 11.9. The van der Waals surface area contributed by atoms with Gasteiger partial charge >= 0.3 is 5.97 Å². The van der Waals surface area contributed by atoms with E-state index in [2.05, 4.69) is 10.2 Å². The van der Waals surface area contributed by atoms with Crippen LogP contribution in [0.25, 0.3) is 17.5 Å². The summed E-state index contributed by atoms with van der Waals surface area (Å²) in [5, 5.41) is 19.2. The highest BCUT2D eigenvalue weighted by molar-refractivity contribution is 8.04. The lowest BCUT2D eigenvalue weighted by Gasteiger charge is -2.08. The first-order valence-corrected chi connectivity index (χ1v) is 9.67. The van der Waals surface area contributed by atoms with Gasteiger partial charge in [-0.1, -0.05) is 23.7 Å². The first-order valence-electron chi connectivity index (χ1n) is 8.48. The van der Waals surface area contributed by atoms with Crippen LogP contribution in [-0.4, -0.2) is 33.0 Å². The Hall–Kier alpha value is -2.77. The van der Waals surface area contributed by atoms with Crippen LogP contribution in [0, 0.1) is 0 Å². The van der Waals surface area contributed by atoms with Gasteiger partial charge in [-0.2, -0.15) is 0 Å². The molecule has 0 saturated heterocycles. The predicted molar refractivity (Wildman–Crippen MR) is 111 cm³/mol. The number of benzene rings is 2. The monoisotopic (exact) mass is 415 g/mol. The third kappa shape index (κ3) is 4.55. The molecule has 3 aromatic rings. The minimum Gasteiger partial charge on any atom is -0.497 e. The molecule has 1 N–H and O–H groups in total. The second kappa shape index (κ2) is 8.95. The van der Waals surface area contributed by atoms with E-state index in [-0.39, 0.29) is 4.91 Å². The summed E-state index contributed by atoms with van der Waals surface area (Å²) in [6.45, 7) is 2.56.